The summed E-state index contributed by atoms with van der Waals surface area (Å²) in [6.07, 6.45) is 0.759. The third kappa shape index (κ3) is 5.61. The summed E-state index contributed by atoms with van der Waals surface area (Å²) >= 11 is 0. The first-order valence-corrected chi connectivity index (χ1v) is 13.6. The van der Waals surface area contributed by atoms with E-state index in [0.717, 1.165) is 19.2 Å². The van der Waals surface area contributed by atoms with E-state index in [0.29, 0.717) is 37.3 Å². The minimum absolute atomic E-state index is 0.0555. The van der Waals surface area contributed by atoms with Crippen LogP contribution in [0.15, 0.2) is 17.0 Å². The van der Waals surface area contributed by atoms with Gasteiger partial charge in [0.15, 0.2) is 9.84 Å². The number of hydrogen-bond donors (Lipinski definition) is 0. The molecule has 0 radical (unpaired) electrons. The fraction of sp³-hybridized carbons (Fsp3) is 0.684. The largest absolute Gasteiger partial charge is 0.379 e. The number of nitrogens with zero attached hydrogens (tertiary/aromatic N) is 3. The molecule has 0 bridgehead atoms. The van der Waals surface area contributed by atoms with E-state index in [9.17, 15) is 26.9 Å². The van der Waals surface area contributed by atoms with Gasteiger partial charge in [0.1, 0.15) is 0 Å². The Morgan fingerprint density at radius 1 is 1.26 bits per heavy atom. The monoisotopic (exact) mass is 475 g/mol. The number of aryl methyl sites for hydroxylation is 1. The molecule has 1 aromatic rings. The molecule has 12 heteroatoms. The van der Waals surface area contributed by atoms with E-state index in [1.54, 1.807) is 13.8 Å². The summed E-state index contributed by atoms with van der Waals surface area (Å²) in [6.45, 7) is 6.88. The first kappa shape index (κ1) is 24.1. The number of non-ortho nitro benzene ring substituents is 1. The van der Waals surface area contributed by atoms with Crippen LogP contribution in [0.1, 0.15) is 24.0 Å². The highest BCUT2D eigenvalue weighted by molar-refractivity contribution is 7.92. The minimum Gasteiger partial charge on any atom is -0.379 e. The fourth-order valence-corrected chi connectivity index (χ4v) is 7.92. The van der Waals surface area contributed by atoms with Crippen molar-refractivity contribution in [3.05, 3.63) is 33.4 Å². The summed E-state index contributed by atoms with van der Waals surface area (Å²) in [5, 5.41) is 11.3. The van der Waals surface area contributed by atoms with Crippen molar-refractivity contribution < 1.29 is 26.5 Å². The van der Waals surface area contributed by atoms with Crippen LogP contribution >= 0.6 is 0 Å². The van der Waals surface area contributed by atoms with Gasteiger partial charge in [0.2, 0.25) is 10.0 Å². The third-order valence-electron chi connectivity index (χ3n) is 5.97. The molecule has 1 atom stereocenters. The quantitative estimate of drug-likeness (QED) is 0.404. The lowest BCUT2D eigenvalue weighted by atomic mass is 10.1. The van der Waals surface area contributed by atoms with E-state index >= 15 is 0 Å². The van der Waals surface area contributed by atoms with Gasteiger partial charge in [-0.3, -0.25) is 15.0 Å². The van der Waals surface area contributed by atoms with E-state index in [1.807, 2.05) is 0 Å². The maximum absolute atomic E-state index is 13.6. The van der Waals surface area contributed by atoms with Crippen molar-refractivity contribution in [3.8, 4) is 0 Å². The van der Waals surface area contributed by atoms with Gasteiger partial charge in [-0.15, -0.1) is 0 Å². The number of ether oxygens (including phenoxy) is 1. The van der Waals surface area contributed by atoms with Crippen LogP contribution in [-0.4, -0.2) is 87.9 Å². The molecule has 0 amide bonds. The number of rotatable bonds is 8. The Labute approximate surface area is 183 Å². The molecule has 0 aromatic heterocycles. The molecular formula is C19H29N3O7S2. The number of benzene rings is 1. The van der Waals surface area contributed by atoms with E-state index in [1.165, 1.54) is 10.4 Å². The van der Waals surface area contributed by atoms with Crippen molar-refractivity contribution in [2.75, 3.05) is 50.9 Å². The summed E-state index contributed by atoms with van der Waals surface area (Å²) in [7, 11) is -7.44. The second-order valence-corrected chi connectivity index (χ2v) is 12.2. The van der Waals surface area contributed by atoms with Gasteiger partial charge in [-0.1, -0.05) is 0 Å². The van der Waals surface area contributed by atoms with Crippen LogP contribution in [0.5, 0.6) is 0 Å². The molecule has 31 heavy (non-hydrogen) atoms. The average Bonchev–Trinajstić information content (AvgIpc) is 3.06. The molecule has 1 aromatic carbocycles. The van der Waals surface area contributed by atoms with E-state index in [2.05, 4.69) is 4.90 Å². The number of nitro benzene ring substituents is 1. The third-order valence-corrected chi connectivity index (χ3v) is 9.80. The van der Waals surface area contributed by atoms with Gasteiger partial charge in [0.05, 0.1) is 34.5 Å². The summed E-state index contributed by atoms with van der Waals surface area (Å²) < 4.78 is 58.0. The van der Waals surface area contributed by atoms with Crippen LogP contribution in [0.3, 0.4) is 0 Å². The first-order chi connectivity index (χ1) is 14.5. The highest BCUT2D eigenvalue weighted by atomic mass is 32.2. The molecule has 3 rings (SSSR count). The van der Waals surface area contributed by atoms with Crippen LogP contribution < -0.4 is 0 Å². The van der Waals surface area contributed by atoms with Gasteiger partial charge < -0.3 is 4.74 Å². The smallest absolute Gasteiger partial charge is 0.271 e. The summed E-state index contributed by atoms with van der Waals surface area (Å²) in [6, 6.07) is 1.76. The Hall–Kier alpha value is -1.60. The topological polar surface area (TPSA) is 127 Å². The number of sulfonamides is 1. The molecule has 174 valence electrons. The molecule has 2 heterocycles. The molecule has 10 nitrogen and oxygen atoms in total. The zero-order valence-electron chi connectivity index (χ0n) is 17.8. The van der Waals surface area contributed by atoms with Gasteiger partial charge in [-0.05, 0) is 44.4 Å². The van der Waals surface area contributed by atoms with Crippen LogP contribution in [-0.2, 0) is 24.6 Å². The van der Waals surface area contributed by atoms with Crippen molar-refractivity contribution in [2.24, 2.45) is 0 Å². The van der Waals surface area contributed by atoms with Crippen LogP contribution in [0.2, 0.25) is 0 Å². The molecule has 0 N–H and O–H groups in total. The Morgan fingerprint density at radius 3 is 2.52 bits per heavy atom. The van der Waals surface area contributed by atoms with Crippen molar-refractivity contribution in [1.29, 1.82) is 0 Å². The van der Waals surface area contributed by atoms with Crippen molar-refractivity contribution in [3.63, 3.8) is 0 Å². The Bertz CT molecular complexity index is 1030. The lowest BCUT2D eigenvalue weighted by molar-refractivity contribution is -0.385. The zero-order valence-corrected chi connectivity index (χ0v) is 19.5. The van der Waals surface area contributed by atoms with Crippen molar-refractivity contribution in [2.45, 2.75) is 37.6 Å². The summed E-state index contributed by atoms with van der Waals surface area (Å²) in [5.41, 5.74) is 0.638. The summed E-state index contributed by atoms with van der Waals surface area (Å²) in [4.78, 5) is 12.7. The second kappa shape index (κ2) is 9.49. The Morgan fingerprint density at radius 2 is 1.94 bits per heavy atom. The molecular weight excluding hydrogens is 446 g/mol. The molecule has 0 aliphatic carbocycles. The van der Waals surface area contributed by atoms with Gasteiger partial charge in [-0.2, -0.15) is 4.31 Å². The average molecular weight is 476 g/mol. The molecule has 2 aliphatic heterocycles. The minimum atomic E-state index is -4.13. The van der Waals surface area contributed by atoms with E-state index in [4.69, 9.17) is 4.74 Å². The maximum Gasteiger partial charge on any atom is 0.271 e. The lowest BCUT2D eigenvalue weighted by Crippen LogP contribution is -2.43. The van der Waals surface area contributed by atoms with E-state index < -0.39 is 30.8 Å². The Balaban J connectivity index is 1.91. The molecule has 2 saturated heterocycles. The number of nitro groups is 1. The van der Waals surface area contributed by atoms with Crippen molar-refractivity contribution in [1.82, 2.24) is 9.21 Å². The predicted molar refractivity (Wildman–Crippen MR) is 115 cm³/mol. The van der Waals surface area contributed by atoms with Gasteiger partial charge >= 0.3 is 0 Å². The lowest BCUT2D eigenvalue weighted by Gasteiger charge is -2.30. The first-order valence-electron chi connectivity index (χ1n) is 10.3. The normalized spacial score (nSPS) is 22.1. The predicted octanol–water partition coefficient (Wildman–Crippen LogP) is 1.11. The highest BCUT2D eigenvalue weighted by Crippen LogP contribution is 2.31. The molecule has 0 spiro atoms. The summed E-state index contributed by atoms with van der Waals surface area (Å²) in [5.74, 6) is -0.281. The number of morpholine rings is 1. The second-order valence-electron chi connectivity index (χ2n) is 8.12. The SMILES string of the molecule is Cc1cc([N+](=O)[O-])cc(S(=O)(=O)N(CCCN2CCOCC2)C2CCS(=O)(=O)C2)c1C. The molecule has 1 unspecified atom stereocenters. The Kier molecular flexibility index (Phi) is 7.36. The van der Waals surface area contributed by atoms with Gasteiger partial charge in [0, 0.05) is 37.8 Å². The van der Waals surface area contributed by atoms with Crippen LogP contribution in [0.4, 0.5) is 5.69 Å². The molecule has 0 saturated carbocycles. The maximum atomic E-state index is 13.6. The fourth-order valence-electron chi connectivity index (χ4n) is 4.08. The van der Waals surface area contributed by atoms with E-state index in [-0.39, 0.29) is 35.1 Å². The van der Waals surface area contributed by atoms with Crippen molar-refractivity contribution >= 4 is 25.5 Å². The number of sulfone groups is 1. The van der Waals surface area contributed by atoms with Crippen LogP contribution in [0, 0.1) is 24.0 Å². The zero-order chi connectivity index (χ0) is 22.8. The highest BCUT2D eigenvalue weighted by Gasteiger charge is 2.39. The van der Waals surface area contributed by atoms with Gasteiger partial charge in [-0.25, -0.2) is 16.8 Å². The van der Waals surface area contributed by atoms with Gasteiger partial charge in [0.25, 0.3) is 5.69 Å². The molecule has 2 fully saturated rings. The standard InChI is InChI=1S/C19H29N3O7S2/c1-15-12-18(22(23)24)13-19(16(15)2)31(27,28)21(17-4-11-30(25,26)14-17)6-3-5-20-7-9-29-10-8-20/h12-13,17H,3-11,14H2,1-2H3. The molecule has 2 aliphatic rings. The number of hydrogen-bond acceptors (Lipinski definition) is 8. The van der Waals surface area contributed by atoms with Crippen LogP contribution in [0.25, 0.3) is 0 Å².